The highest BCUT2D eigenvalue weighted by Crippen LogP contribution is 2.35. The van der Waals surface area contributed by atoms with Crippen LogP contribution in [0, 0.1) is 6.92 Å². The van der Waals surface area contributed by atoms with Crippen LogP contribution in [0.25, 0.3) is 0 Å². The van der Waals surface area contributed by atoms with Gasteiger partial charge in [0.1, 0.15) is 5.76 Å². The molecule has 3 heteroatoms. The van der Waals surface area contributed by atoms with Crippen LogP contribution < -0.4 is 0 Å². The second-order valence-electron chi connectivity index (χ2n) is 3.46. The van der Waals surface area contributed by atoms with Gasteiger partial charge in [-0.3, -0.25) is 0 Å². The monoisotopic (exact) mass is 167 g/mol. The second kappa shape index (κ2) is 2.59. The highest BCUT2D eigenvalue weighted by atomic mass is 16.5. The van der Waals surface area contributed by atoms with E-state index in [4.69, 9.17) is 9.26 Å². The van der Waals surface area contributed by atoms with Gasteiger partial charge in [-0.15, -0.1) is 0 Å². The molecule has 0 bridgehead atoms. The van der Waals surface area contributed by atoms with E-state index in [2.05, 4.69) is 12.1 Å². The zero-order valence-electron chi connectivity index (χ0n) is 7.46. The van der Waals surface area contributed by atoms with Gasteiger partial charge in [0, 0.05) is 6.07 Å². The summed E-state index contributed by atoms with van der Waals surface area (Å²) in [6.07, 6.45) is 1.06. The summed E-state index contributed by atoms with van der Waals surface area (Å²) in [6.45, 7) is 5.65. The van der Waals surface area contributed by atoms with E-state index in [9.17, 15) is 0 Å². The highest BCUT2D eigenvalue weighted by molar-refractivity contribution is 5.18. The van der Waals surface area contributed by atoms with Crippen molar-refractivity contribution in [2.75, 3.05) is 13.2 Å². The lowest BCUT2D eigenvalue weighted by Gasteiger charge is -2.38. The molecule has 0 N–H and O–H groups in total. The van der Waals surface area contributed by atoms with Crippen molar-refractivity contribution in [3.05, 3.63) is 17.5 Å². The normalized spacial score (nSPS) is 20.5. The summed E-state index contributed by atoms with van der Waals surface area (Å²) >= 11 is 0. The summed E-state index contributed by atoms with van der Waals surface area (Å²) in [5, 5.41) is 3.88. The van der Waals surface area contributed by atoms with E-state index in [1.54, 1.807) is 0 Å². The molecule has 3 nitrogen and oxygen atoms in total. The third-order valence-corrected chi connectivity index (χ3v) is 2.58. The lowest BCUT2D eigenvalue weighted by atomic mass is 9.80. The fourth-order valence-corrected chi connectivity index (χ4v) is 1.48. The molecule has 0 unspecified atom stereocenters. The standard InChI is InChI=1S/C9H13NO2/c1-3-9(5-11-6-9)8-4-7(2)10-12-8/h4H,3,5-6H2,1-2H3. The van der Waals surface area contributed by atoms with E-state index >= 15 is 0 Å². The first-order valence-electron chi connectivity index (χ1n) is 4.28. The zero-order valence-corrected chi connectivity index (χ0v) is 7.46. The SMILES string of the molecule is CCC1(c2cc(C)no2)COC1. The molecule has 1 aromatic rings. The molecule has 1 fully saturated rings. The Hall–Kier alpha value is -0.830. The first kappa shape index (κ1) is 7.80. The molecule has 12 heavy (non-hydrogen) atoms. The average Bonchev–Trinajstić information content (AvgIpc) is 2.35. The zero-order chi connectivity index (χ0) is 8.60. The van der Waals surface area contributed by atoms with Crippen molar-refractivity contribution in [1.29, 1.82) is 0 Å². The highest BCUT2D eigenvalue weighted by Gasteiger charge is 2.41. The predicted octanol–water partition coefficient (Wildman–Crippen LogP) is 1.66. The summed E-state index contributed by atoms with van der Waals surface area (Å²) in [6, 6.07) is 2.01. The number of aryl methyl sites for hydroxylation is 1. The number of rotatable bonds is 2. The Kier molecular flexibility index (Phi) is 1.68. The van der Waals surface area contributed by atoms with Crippen molar-refractivity contribution in [3.8, 4) is 0 Å². The van der Waals surface area contributed by atoms with Gasteiger partial charge in [0.15, 0.2) is 0 Å². The van der Waals surface area contributed by atoms with Crippen LogP contribution in [-0.4, -0.2) is 18.4 Å². The van der Waals surface area contributed by atoms with Crippen LogP contribution in [0.1, 0.15) is 24.8 Å². The van der Waals surface area contributed by atoms with Crippen LogP contribution in [0.5, 0.6) is 0 Å². The van der Waals surface area contributed by atoms with Crippen molar-refractivity contribution in [2.24, 2.45) is 0 Å². The van der Waals surface area contributed by atoms with Gasteiger partial charge in [-0.2, -0.15) is 0 Å². The molecule has 0 spiro atoms. The maximum absolute atomic E-state index is 5.23. The third kappa shape index (κ3) is 0.966. The maximum atomic E-state index is 5.23. The van der Waals surface area contributed by atoms with Gasteiger partial charge < -0.3 is 9.26 Å². The number of aromatic nitrogens is 1. The Balaban J connectivity index is 2.27. The van der Waals surface area contributed by atoms with Gasteiger partial charge in [-0.25, -0.2) is 0 Å². The second-order valence-corrected chi connectivity index (χ2v) is 3.46. The van der Waals surface area contributed by atoms with Gasteiger partial charge in [-0.05, 0) is 13.3 Å². The van der Waals surface area contributed by atoms with Gasteiger partial charge in [-0.1, -0.05) is 12.1 Å². The molecule has 1 aliphatic heterocycles. The molecule has 1 aromatic heterocycles. The number of nitrogens with zero attached hydrogens (tertiary/aromatic N) is 1. The molecular formula is C9H13NO2. The van der Waals surface area contributed by atoms with Crippen molar-refractivity contribution in [3.63, 3.8) is 0 Å². The molecule has 66 valence electrons. The van der Waals surface area contributed by atoms with Crippen LogP contribution in [0.3, 0.4) is 0 Å². The van der Waals surface area contributed by atoms with Crippen molar-refractivity contribution >= 4 is 0 Å². The number of ether oxygens (including phenoxy) is 1. The van der Waals surface area contributed by atoms with Crippen LogP contribution in [0.2, 0.25) is 0 Å². The molecule has 0 aliphatic carbocycles. The van der Waals surface area contributed by atoms with Gasteiger partial charge in [0.05, 0.1) is 24.3 Å². The topological polar surface area (TPSA) is 35.3 Å². The van der Waals surface area contributed by atoms with Crippen molar-refractivity contribution in [2.45, 2.75) is 25.7 Å². The summed E-state index contributed by atoms with van der Waals surface area (Å²) in [5.41, 5.74) is 1.08. The number of hydrogen-bond acceptors (Lipinski definition) is 3. The van der Waals surface area contributed by atoms with E-state index in [0.717, 1.165) is 31.1 Å². The first-order valence-corrected chi connectivity index (χ1v) is 4.28. The molecule has 2 rings (SSSR count). The van der Waals surface area contributed by atoms with E-state index in [1.807, 2.05) is 13.0 Å². The van der Waals surface area contributed by atoms with Crippen LogP contribution >= 0.6 is 0 Å². The smallest absolute Gasteiger partial charge is 0.147 e. The van der Waals surface area contributed by atoms with Crippen LogP contribution in [0.15, 0.2) is 10.6 Å². The van der Waals surface area contributed by atoms with Crippen LogP contribution in [-0.2, 0) is 10.2 Å². The van der Waals surface area contributed by atoms with Crippen molar-refractivity contribution < 1.29 is 9.26 Å². The van der Waals surface area contributed by atoms with Gasteiger partial charge >= 0.3 is 0 Å². The van der Waals surface area contributed by atoms with E-state index in [0.29, 0.717) is 0 Å². The maximum Gasteiger partial charge on any atom is 0.147 e. The Morgan fingerprint density at radius 1 is 1.58 bits per heavy atom. The molecule has 0 atom stereocenters. The summed E-state index contributed by atoms with van der Waals surface area (Å²) in [7, 11) is 0. The molecule has 0 saturated carbocycles. The molecule has 0 amide bonds. The largest absolute Gasteiger partial charge is 0.379 e. The minimum atomic E-state index is 0.126. The summed E-state index contributed by atoms with van der Waals surface area (Å²) in [5.74, 6) is 0.980. The summed E-state index contributed by atoms with van der Waals surface area (Å²) in [4.78, 5) is 0. The van der Waals surface area contributed by atoms with Gasteiger partial charge in [0.25, 0.3) is 0 Å². The Morgan fingerprint density at radius 2 is 2.33 bits per heavy atom. The van der Waals surface area contributed by atoms with Crippen molar-refractivity contribution in [1.82, 2.24) is 5.16 Å². The van der Waals surface area contributed by atoms with E-state index < -0.39 is 0 Å². The summed E-state index contributed by atoms with van der Waals surface area (Å²) < 4.78 is 10.4. The molecule has 0 radical (unpaired) electrons. The van der Waals surface area contributed by atoms with E-state index in [-0.39, 0.29) is 5.41 Å². The van der Waals surface area contributed by atoms with Crippen LogP contribution in [0.4, 0.5) is 0 Å². The fraction of sp³-hybridized carbons (Fsp3) is 0.667. The Bertz CT molecular complexity index is 270. The van der Waals surface area contributed by atoms with E-state index in [1.165, 1.54) is 0 Å². The molecule has 1 aliphatic rings. The predicted molar refractivity (Wildman–Crippen MR) is 44.0 cm³/mol. The molecule has 2 heterocycles. The van der Waals surface area contributed by atoms with Gasteiger partial charge in [0.2, 0.25) is 0 Å². The number of hydrogen-bond donors (Lipinski definition) is 0. The lowest BCUT2D eigenvalue weighted by Crippen LogP contribution is -2.45. The minimum absolute atomic E-state index is 0.126. The molecule has 0 aromatic carbocycles. The molecular weight excluding hydrogens is 154 g/mol. The first-order chi connectivity index (χ1) is 5.77. The average molecular weight is 167 g/mol. The Labute approximate surface area is 71.7 Å². The quantitative estimate of drug-likeness (QED) is 0.672. The lowest BCUT2D eigenvalue weighted by molar-refractivity contribution is -0.0739. The Morgan fingerprint density at radius 3 is 2.67 bits per heavy atom. The fourth-order valence-electron chi connectivity index (χ4n) is 1.48. The minimum Gasteiger partial charge on any atom is -0.379 e. The molecule has 1 saturated heterocycles. The third-order valence-electron chi connectivity index (χ3n) is 2.58.